The number of halogens is 1. The number of carbonyl (C=O) groups excluding carboxylic acids is 1. The summed E-state index contributed by atoms with van der Waals surface area (Å²) in [6.45, 7) is 0.947. The fourth-order valence-corrected chi connectivity index (χ4v) is 5.36. The first-order valence-corrected chi connectivity index (χ1v) is 12.6. The van der Waals surface area contributed by atoms with E-state index in [9.17, 15) is 9.18 Å². The van der Waals surface area contributed by atoms with E-state index >= 15 is 0 Å². The van der Waals surface area contributed by atoms with Gasteiger partial charge in [-0.15, -0.1) is 21.5 Å². The third kappa shape index (κ3) is 4.35. The van der Waals surface area contributed by atoms with Gasteiger partial charge in [0.1, 0.15) is 11.6 Å². The number of hydrogen-bond donors (Lipinski definition) is 1. The quantitative estimate of drug-likeness (QED) is 0.362. The molecule has 9 heteroatoms. The van der Waals surface area contributed by atoms with Crippen LogP contribution in [-0.4, -0.2) is 30.1 Å². The standard InChI is InChI=1S/C26H23FN6OS/c27-19-9-5-17(6-10-19)22-15-33-21(16-35-26(33)29-22)14-24(34)28-20-11-7-18(8-12-20)25-31-30-23-4-2-1-3-13-32(23)25/h5-12,15-16H,1-4,13-14H2,(H,28,34). The molecule has 0 atom stereocenters. The zero-order valence-electron chi connectivity index (χ0n) is 18.9. The summed E-state index contributed by atoms with van der Waals surface area (Å²) in [6.07, 6.45) is 6.60. The van der Waals surface area contributed by atoms with Gasteiger partial charge in [0.05, 0.1) is 12.1 Å². The lowest BCUT2D eigenvalue weighted by molar-refractivity contribution is -0.115. The highest BCUT2D eigenvalue weighted by Gasteiger charge is 2.17. The topological polar surface area (TPSA) is 77.1 Å². The van der Waals surface area contributed by atoms with E-state index in [4.69, 9.17) is 0 Å². The van der Waals surface area contributed by atoms with Crippen molar-refractivity contribution >= 4 is 27.9 Å². The molecule has 1 N–H and O–H groups in total. The number of fused-ring (bicyclic) bond motifs is 2. The largest absolute Gasteiger partial charge is 0.326 e. The van der Waals surface area contributed by atoms with Gasteiger partial charge in [-0.2, -0.15) is 0 Å². The molecular weight excluding hydrogens is 463 g/mol. The van der Waals surface area contributed by atoms with Crippen LogP contribution in [0.15, 0.2) is 60.1 Å². The van der Waals surface area contributed by atoms with Crippen molar-refractivity contribution < 1.29 is 9.18 Å². The van der Waals surface area contributed by atoms with Gasteiger partial charge in [0, 0.05) is 47.1 Å². The summed E-state index contributed by atoms with van der Waals surface area (Å²) in [5.41, 5.74) is 4.17. The van der Waals surface area contributed by atoms with Crippen LogP contribution in [0.3, 0.4) is 0 Å². The van der Waals surface area contributed by atoms with Crippen molar-refractivity contribution in [1.82, 2.24) is 24.1 Å². The minimum atomic E-state index is -0.281. The Kier molecular flexibility index (Phi) is 5.61. The maximum Gasteiger partial charge on any atom is 0.230 e. The number of aryl methyl sites for hydroxylation is 1. The normalized spacial score (nSPS) is 13.5. The maximum absolute atomic E-state index is 13.2. The first-order chi connectivity index (χ1) is 17.1. The molecule has 0 bridgehead atoms. The molecule has 1 amide bonds. The van der Waals surface area contributed by atoms with Gasteiger partial charge < -0.3 is 9.88 Å². The van der Waals surface area contributed by atoms with Crippen LogP contribution in [0.2, 0.25) is 0 Å². The molecule has 6 rings (SSSR count). The van der Waals surface area contributed by atoms with E-state index in [1.165, 1.54) is 29.9 Å². The summed E-state index contributed by atoms with van der Waals surface area (Å²) in [7, 11) is 0. The highest BCUT2D eigenvalue weighted by molar-refractivity contribution is 7.15. The second-order valence-electron chi connectivity index (χ2n) is 8.72. The van der Waals surface area contributed by atoms with Crippen LogP contribution in [0.1, 0.15) is 30.8 Å². The Labute approximate surface area is 205 Å². The molecule has 5 aromatic rings. The highest BCUT2D eigenvalue weighted by atomic mass is 32.1. The lowest BCUT2D eigenvalue weighted by Gasteiger charge is -2.09. The van der Waals surface area contributed by atoms with Crippen molar-refractivity contribution in [3.63, 3.8) is 0 Å². The molecule has 3 aromatic heterocycles. The summed E-state index contributed by atoms with van der Waals surface area (Å²) in [5.74, 6) is 1.55. The number of nitrogens with one attached hydrogen (secondary N) is 1. The Hall–Kier alpha value is -3.85. The van der Waals surface area contributed by atoms with Crippen molar-refractivity contribution in [2.45, 2.75) is 38.6 Å². The lowest BCUT2D eigenvalue weighted by Crippen LogP contribution is -2.15. The molecule has 0 spiro atoms. The molecule has 1 aliphatic heterocycles. The molecule has 4 heterocycles. The van der Waals surface area contributed by atoms with E-state index in [0.717, 1.165) is 70.6 Å². The van der Waals surface area contributed by atoms with Gasteiger partial charge in [0.15, 0.2) is 10.8 Å². The minimum Gasteiger partial charge on any atom is -0.326 e. The van der Waals surface area contributed by atoms with Gasteiger partial charge in [-0.05, 0) is 61.4 Å². The zero-order valence-corrected chi connectivity index (χ0v) is 19.8. The van der Waals surface area contributed by atoms with Crippen LogP contribution in [0, 0.1) is 5.82 Å². The molecule has 1 aliphatic rings. The molecule has 0 saturated heterocycles. The number of thiazole rings is 1. The van der Waals surface area contributed by atoms with Crippen LogP contribution in [0.5, 0.6) is 0 Å². The number of rotatable bonds is 5. The van der Waals surface area contributed by atoms with Crippen LogP contribution in [0.25, 0.3) is 27.6 Å². The van der Waals surface area contributed by atoms with E-state index in [0.29, 0.717) is 0 Å². The summed E-state index contributed by atoms with van der Waals surface area (Å²) in [4.78, 5) is 18.2. The van der Waals surface area contributed by atoms with E-state index in [1.807, 2.05) is 40.2 Å². The summed E-state index contributed by atoms with van der Waals surface area (Å²) in [5, 5.41) is 13.7. The number of amides is 1. The molecule has 0 saturated carbocycles. The Balaban J connectivity index is 1.15. The number of anilines is 1. The number of hydrogen-bond acceptors (Lipinski definition) is 5. The van der Waals surface area contributed by atoms with Crippen LogP contribution in [0.4, 0.5) is 10.1 Å². The van der Waals surface area contributed by atoms with E-state index in [1.54, 1.807) is 12.1 Å². The van der Waals surface area contributed by atoms with Crippen LogP contribution >= 0.6 is 11.3 Å². The van der Waals surface area contributed by atoms with E-state index in [2.05, 4.69) is 25.1 Å². The Morgan fingerprint density at radius 3 is 2.63 bits per heavy atom. The lowest BCUT2D eigenvalue weighted by atomic mass is 10.2. The number of carbonyl (C=O) groups is 1. The second-order valence-corrected chi connectivity index (χ2v) is 9.55. The van der Waals surface area contributed by atoms with Crippen molar-refractivity contribution in [1.29, 1.82) is 0 Å². The summed E-state index contributed by atoms with van der Waals surface area (Å²) in [6, 6.07) is 14.0. The van der Waals surface area contributed by atoms with Crippen molar-refractivity contribution in [3.8, 4) is 22.6 Å². The van der Waals surface area contributed by atoms with Gasteiger partial charge in [-0.1, -0.05) is 6.42 Å². The monoisotopic (exact) mass is 486 g/mol. The number of aromatic nitrogens is 5. The highest BCUT2D eigenvalue weighted by Crippen LogP contribution is 2.26. The van der Waals surface area contributed by atoms with Crippen molar-refractivity contribution in [2.75, 3.05) is 5.32 Å². The molecule has 0 unspecified atom stereocenters. The molecule has 176 valence electrons. The second kappa shape index (κ2) is 9.07. The molecule has 2 aromatic carbocycles. The average molecular weight is 487 g/mol. The molecule has 35 heavy (non-hydrogen) atoms. The van der Waals surface area contributed by atoms with Gasteiger partial charge in [0.25, 0.3) is 0 Å². The molecule has 7 nitrogen and oxygen atoms in total. The first kappa shape index (κ1) is 21.7. The SMILES string of the molecule is O=C(Cc1csc2nc(-c3ccc(F)cc3)cn12)Nc1ccc(-c2nnc3n2CCCCC3)cc1. The summed E-state index contributed by atoms with van der Waals surface area (Å²) >= 11 is 1.48. The first-order valence-electron chi connectivity index (χ1n) is 11.7. The Morgan fingerprint density at radius 1 is 1.00 bits per heavy atom. The predicted molar refractivity (Wildman–Crippen MR) is 134 cm³/mol. The van der Waals surface area contributed by atoms with Crippen LogP contribution in [-0.2, 0) is 24.2 Å². The van der Waals surface area contributed by atoms with Gasteiger partial charge in [-0.3, -0.25) is 9.20 Å². The molecular formula is C26H23FN6OS. The van der Waals surface area contributed by atoms with Crippen molar-refractivity contribution in [2.24, 2.45) is 0 Å². The zero-order chi connectivity index (χ0) is 23.8. The Bertz CT molecular complexity index is 1500. The molecule has 0 fully saturated rings. The number of benzene rings is 2. The predicted octanol–water partition coefficient (Wildman–Crippen LogP) is 5.37. The summed E-state index contributed by atoms with van der Waals surface area (Å²) < 4.78 is 17.4. The van der Waals surface area contributed by atoms with Gasteiger partial charge in [-0.25, -0.2) is 9.37 Å². The molecule has 0 aliphatic carbocycles. The third-order valence-corrected chi connectivity index (χ3v) is 7.19. The number of nitrogens with zero attached hydrogens (tertiary/aromatic N) is 5. The third-order valence-electron chi connectivity index (χ3n) is 6.30. The van der Waals surface area contributed by atoms with E-state index < -0.39 is 0 Å². The number of imidazole rings is 1. The maximum atomic E-state index is 13.2. The fraction of sp³-hybridized carbons (Fsp3) is 0.231. The van der Waals surface area contributed by atoms with Crippen LogP contribution < -0.4 is 5.32 Å². The van der Waals surface area contributed by atoms with Crippen molar-refractivity contribution in [3.05, 3.63) is 77.4 Å². The Morgan fingerprint density at radius 2 is 1.80 bits per heavy atom. The smallest absolute Gasteiger partial charge is 0.230 e. The van der Waals surface area contributed by atoms with Gasteiger partial charge >= 0.3 is 0 Å². The minimum absolute atomic E-state index is 0.106. The van der Waals surface area contributed by atoms with E-state index in [-0.39, 0.29) is 18.1 Å². The average Bonchev–Trinajstić information content (AvgIpc) is 3.51. The fourth-order valence-electron chi connectivity index (χ4n) is 4.49. The molecule has 0 radical (unpaired) electrons. The van der Waals surface area contributed by atoms with Gasteiger partial charge in [0.2, 0.25) is 5.91 Å².